The molecule has 2 aromatic heterocycles. The number of imidazole rings is 1. The zero-order valence-electron chi connectivity index (χ0n) is 14.5. The third-order valence-corrected chi connectivity index (χ3v) is 4.50. The SMILES string of the molecule is Cn1cncc1CN(CCO)C(=O)CCCc1c[nH]c2ccccc12. The van der Waals surface area contributed by atoms with Crippen molar-refractivity contribution in [3.05, 3.63) is 54.2 Å². The molecule has 3 aromatic rings. The van der Waals surface area contributed by atoms with E-state index in [1.54, 1.807) is 17.4 Å². The van der Waals surface area contributed by atoms with Crippen LogP contribution in [0.25, 0.3) is 10.9 Å². The van der Waals surface area contributed by atoms with Gasteiger partial charge in [-0.1, -0.05) is 18.2 Å². The third-order valence-electron chi connectivity index (χ3n) is 4.50. The molecule has 1 amide bonds. The average molecular weight is 340 g/mol. The van der Waals surface area contributed by atoms with Crippen molar-refractivity contribution in [1.82, 2.24) is 19.4 Å². The van der Waals surface area contributed by atoms with Crippen LogP contribution in [0.4, 0.5) is 0 Å². The predicted octanol–water partition coefficient (Wildman–Crippen LogP) is 2.25. The van der Waals surface area contributed by atoms with Gasteiger partial charge in [0.1, 0.15) is 0 Å². The van der Waals surface area contributed by atoms with E-state index < -0.39 is 0 Å². The highest BCUT2D eigenvalue weighted by Crippen LogP contribution is 2.19. The highest BCUT2D eigenvalue weighted by Gasteiger charge is 2.15. The summed E-state index contributed by atoms with van der Waals surface area (Å²) in [4.78, 5) is 21.6. The minimum Gasteiger partial charge on any atom is -0.395 e. The normalized spacial score (nSPS) is 11.1. The molecular formula is C19H24N4O2. The Labute approximate surface area is 147 Å². The number of aromatic nitrogens is 3. The molecule has 2 heterocycles. The molecule has 25 heavy (non-hydrogen) atoms. The van der Waals surface area contributed by atoms with E-state index in [-0.39, 0.29) is 12.5 Å². The monoisotopic (exact) mass is 340 g/mol. The van der Waals surface area contributed by atoms with Gasteiger partial charge in [-0.05, 0) is 24.5 Å². The fourth-order valence-corrected chi connectivity index (χ4v) is 3.07. The summed E-state index contributed by atoms with van der Waals surface area (Å²) in [6, 6.07) is 8.20. The van der Waals surface area contributed by atoms with E-state index >= 15 is 0 Å². The van der Waals surface area contributed by atoms with Gasteiger partial charge in [-0.15, -0.1) is 0 Å². The Hall–Kier alpha value is -2.60. The summed E-state index contributed by atoms with van der Waals surface area (Å²) in [5.41, 5.74) is 3.32. The fraction of sp³-hybridized carbons (Fsp3) is 0.368. The maximum Gasteiger partial charge on any atom is 0.223 e. The topological polar surface area (TPSA) is 74.2 Å². The van der Waals surface area contributed by atoms with Gasteiger partial charge in [-0.2, -0.15) is 0 Å². The predicted molar refractivity (Wildman–Crippen MR) is 96.9 cm³/mol. The summed E-state index contributed by atoms with van der Waals surface area (Å²) in [7, 11) is 1.90. The van der Waals surface area contributed by atoms with E-state index in [0.29, 0.717) is 19.5 Å². The van der Waals surface area contributed by atoms with E-state index in [9.17, 15) is 9.90 Å². The molecule has 0 unspecified atom stereocenters. The van der Waals surface area contributed by atoms with Crippen LogP contribution in [-0.2, 0) is 24.8 Å². The molecule has 0 aliphatic carbocycles. The van der Waals surface area contributed by atoms with Gasteiger partial charge in [0.2, 0.25) is 5.91 Å². The molecule has 0 atom stereocenters. The van der Waals surface area contributed by atoms with Crippen LogP contribution in [0, 0.1) is 0 Å². The second kappa shape index (κ2) is 7.98. The lowest BCUT2D eigenvalue weighted by Gasteiger charge is -2.22. The number of aryl methyl sites for hydroxylation is 2. The number of aliphatic hydroxyl groups is 1. The molecule has 0 bridgehead atoms. The number of carbonyl (C=O) groups excluding carboxylic acids is 1. The zero-order chi connectivity index (χ0) is 17.6. The van der Waals surface area contributed by atoms with Crippen molar-refractivity contribution >= 4 is 16.8 Å². The van der Waals surface area contributed by atoms with Crippen molar-refractivity contribution in [3.8, 4) is 0 Å². The number of para-hydroxylation sites is 1. The van der Waals surface area contributed by atoms with Gasteiger partial charge in [0.05, 0.1) is 25.2 Å². The number of fused-ring (bicyclic) bond motifs is 1. The van der Waals surface area contributed by atoms with Crippen LogP contribution in [0.5, 0.6) is 0 Å². The quantitative estimate of drug-likeness (QED) is 0.660. The van der Waals surface area contributed by atoms with Crippen LogP contribution >= 0.6 is 0 Å². The van der Waals surface area contributed by atoms with E-state index in [2.05, 4.69) is 22.1 Å². The first-order chi connectivity index (χ1) is 12.2. The minimum atomic E-state index is -0.0357. The lowest BCUT2D eigenvalue weighted by atomic mass is 10.1. The Kier molecular flexibility index (Phi) is 5.50. The molecule has 0 spiro atoms. The maximum absolute atomic E-state index is 12.5. The Morgan fingerprint density at radius 1 is 1.36 bits per heavy atom. The summed E-state index contributed by atoms with van der Waals surface area (Å²) in [6.07, 6.45) is 7.60. The molecule has 6 nitrogen and oxygen atoms in total. The molecule has 0 radical (unpaired) electrons. The average Bonchev–Trinajstić information content (AvgIpc) is 3.21. The number of hydrogen-bond donors (Lipinski definition) is 2. The number of amides is 1. The molecule has 3 rings (SSSR count). The number of nitrogens with zero attached hydrogens (tertiary/aromatic N) is 3. The largest absolute Gasteiger partial charge is 0.395 e. The first-order valence-electron chi connectivity index (χ1n) is 8.58. The molecule has 0 saturated heterocycles. The van der Waals surface area contributed by atoms with E-state index in [1.165, 1.54) is 10.9 Å². The van der Waals surface area contributed by atoms with Gasteiger partial charge < -0.3 is 19.6 Å². The number of nitrogens with one attached hydrogen (secondary N) is 1. The second-order valence-corrected chi connectivity index (χ2v) is 6.25. The van der Waals surface area contributed by atoms with Crippen LogP contribution in [0.1, 0.15) is 24.1 Å². The zero-order valence-corrected chi connectivity index (χ0v) is 14.5. The second-order valence-electron chi connectivity index (χ2n) is 6.25. The summed E-state index contributed by atoms with van der Waals surface area (Å²) < 4.78 is 1.89. The number of aliphatic hydroxyl groups excluding tert-OH is 1. The van der Waals surface area contributed by atoms with Crippen LogP contribution in [0.15, 0.2) is 43.0 Å². The molecule has 132 valence electrons. The van der Waals surface area contributed by atoms with Crippen molar-refractivity contribution in [3.63, 3.8) is 0 Å². The number of carbonyl (C=O) groups is 1. The highest BCUT2D eigenvalue weighted by molar-refractivity contribution is 5.83. The lowest BCUT2D eigenvalue weighted by molar-refractivity contribution is -0.132. The number of hydrogen-bond acceptors (Lipinski definition) is 3. The smallest absolute Gasteiger partial charge is 0.223 e. The molecule has 0 aliphatic rings. The molecule has 0 fully saturated rings. The van der Waals surface area contributed by atoms with Crippen molar-refractivity contribution < 1.29 is 9.90 Å². The van der Waals surface area contributed by atoms with Crippen LogP contribution in [0.3, 0.4) is 0 Å². The van der Waals surface area contributed by atoms with Gasteiger partial charge in [0.15, 0.2) is 0 Å². The summed E-state index contributed by atoms with van der Waals surface area (Å²) in [5.74, 6) is 0.0649. The van der Waals surface area contributed by atoms with Crippen molar-refractivity contribution in [2.45, 2.75) is 25.8 Å². The number of aromatic amines is 1. The van der Waals surface area contributed by atoms with E-state index in [0.717, 1.165) is 24.1 Å². The van der Waals surface area contributed by atoms with Crippen LogP contribution < -0.4 is 0 Å². The van der Waals surface area contributed by atoms with Gasteiger partial charge >= 0.3 is 0 Å². The molecule has 0 aliphatic heterocycles. The number of rotatable bonds is 8. The molecule has 1 aromatic carbocycles. The van der Waals surface area contributed by atoms with Crippen molar-refractivity contribution in [2.75, 3.05) is 13.2 Å². The Morgan fingerprint density at radius 3 is 2.96 bits per heavy atom. The summed E-state index contributed by atoms with van der Waals surface area (Å²) in [5, 5.41) is 10.5. The lowest BCUT2D eigenvalue weighted by Crippen LogP contribution is -2.33. The summed E-state index contributed by atoms with van der Waals surface area (Å²) in [6.45, 7) is 0.784. The maximum atomic E-state index is 12.5. The van der Waals surface area contributed by atoms with Gasteiger partial charge in [-0.25, -0.2) is 4.98 Å². The number of benzene rings is 1. The third kappa shape index (κ3) is 4.09. The standard InChI is InChI=1S/C19H24N4O2/c1-22-14-20-12-16(22)13-23(9-10-24)19(25)8-4-5-15-11-21-18-7-3-2-6-17(15)18/h2-3,6-7,11-12,14,21,24H,4-5,8-10,13H2,1H3. The van der Waals surface area contributed by atoms with Gasteiger partial charge in [-0.3, -0.25) is 4.79 Å². The Bertz CT molecular complexity index is 837. The van der Waals surface area contributed by atoms with Crippen LogP contribution in [0.2, 0.25) is 0 Å². The first kappa shape index (κ1) is 17.2. The Balaban J connectivity index is 1.57. The number of H-pyrrole nitrogens is 1. The minimum absolute atomic E-state index is 0.0357. The van der Waals surface area contributed by atoms with Crippen molar-refractivity contribution in [1.29, 1.82) is 0 Å². The van der Waals surface area contributed by atoms with E-state index in [4.69, 9.17) is 0 Å². The van der Waals surface area contributed by atoms with Gasteiger partial charge in [0.25, 0.3) is 0 Å². The van der Waals surface area contributed by atoms with Crippen molar-refractivity contribution in [2.24, 2.45) is 7.05 Å². The molecule has 6 heteroatoms. The first-order valence-corrected chi connectivity index (χ1v) is 8.58. The van der Waals surface area contributed by atoms with E-state index in [1.807, 2.05) is 29.9 Å². The molecule has 2 N–H and O–H groups in total. The molecular weight excluding hydrogens is 316 g/mol. The fourth-order valence-electron chi connectivity index (χ4n) is 3.07. The molecule has 0 saturated carbocycles. The summed E-state index contributed by atoms with van der Waals surface area (Å²) >= 11 is 0. The van der Waals surface area contributed by atoms with Crippen LogP contribution in [-0.4, -0.2) is 43.6 Å². The highest BCUT2D eigenvalue weighted by atomic mass is 16.3. The van der Waals surface area contributed by atoms with Gasteiger partial charge in [0, 0.05) is 43.3 Å². The Morgan fingerprint density at radius 2 is 2.20 bits per heavy atom.